The average molecular weight is 632 g/mol. The standard InChI is InChI=1S/C23H25IN2O9S/c1-26(2)16-11-5-8-4-10-12(24)6-9(7-36(3,34)35)17(27)14(10)18(28)13(8)20(30)23(11,33)21(31)15(19(16)29)22(25)32/h6,8,11,16,27-28,31,33H,4-5,7H2,1-3H3,(H2,25,32)/t8-,11-,16-,23-/m0/s1. The summed E-state index contributed by atoms with van der Waals surface area (Å²) in [5.74, 6) is -7.94. The van der Waals surface area contributed by atoms with Crippen molar-refractivity contribution in [3.05, 3.63) is 43.2 Å². The van der Waals surface area contributed by atoms with Gasteiger partial charge in [0.25, 0.3) is 5.91 Å². The Kier molecular flexibility index (Phi) is 6.30. The van der Waals surface area contributed by atoms with Gasteiger partial charge in [0.15, 0.2) is 21.2 Å². The molecule has 11 nitrogen and oxygen atoms in total. The second-order valence-electron chi connectivity index (χ2n) is 9.75. The van der Waals surface area contributed by atoms with Crippen molar-refractivity contribution in [2.45, 2.75) is 30.2 Å². The number of hydrogen-bond donors (Lipinski definition) is 5. The normalized spacial score (nSPS) is 28.2. The molecule has 1 aromatic rings. The van der Waals surface area contributed by atoms with E-state index in [4.69, 9.17) is 5.73 Å². The van der Waals surface area contributed by atoms with E-state index in [9.17, 15) is 43.2 Å². The zero-order valence-corrected chi connectivity index (χ0v) is 22.5. The van der Waals surface area contributed by atoms with E-state index in [2.05, 4.69) is 0 Å². The Balaban J connectivity index is 1.98. The van der Waals surface area contributed by atoms with Crippen molar-refractivity contribution in [1.29, 1.82) is 0 Å². The summed E-state index contributed by atoms with van der Waals surface area (Å²) in [5.41, 5.74) is 1.79. The molecule has 4 rings (SSSR count). The molecule has 1 amide bonds. The van der Waals surface area contributed by atoms with E-state index < -0.39 is 79.4 Å². The SMILES string of the molecule is CN(C)[C@@H]1C(=O)C(C(N)=O)=C(O)[C@@]2(O)C(=O)C3=C(O)c4c(O)c(CS(C)(=O)=O)cc(I)c4C[C@H]3C[C@@H]12. The Morgan fingerprint density at radius 1 is 1.25 bits per heavy atom. The lowest BCUT2D eigenvalue weighted by Crippen LogP contribution is -2.65. The van der Waals surface area contributed by atoms with Gasteiger partial charge in [-0.15, -0.1) is 0 Å². The number of aliphatic hydroxyl groups excluding tert-OH is 2. The number of Topliss-reactive ketones (excluding diaryl/α,β-unsaturated/α-hetero) is 2. The number of nitrogens with two attached hydrogens (primary N) is 1. The number of aromatic hydroxyl groups is 1. The first kappa shape index (κ1) is 26.6. The first-order chi connectivity index (χ1) is 16.5. The first-order valence-electron chi connectivity index (χ1n) is 10.9. The number of sulfone groups is 1. The molecule has 0 unspecified atom stereocenters. The van der Waals surface area contributed by atoms with Gasteiger partial charge in [-0.05, 0) is 67.1 Å². The highest BCUT2D eigenvalue weighted by Crippen LogP contribution is 2.53. The molecule has 0 bridgehead atoms. The molecule has 0 saturated heterocycles. The summed E-state index contributed by atoms with van der Waals surface area (Å²) < 4.78 is 24.3. The van der Waals surface area contributed by atoms with Crippen molar-refractivity contribution in [1.82, 2.24) is 4.90 Å². The molecule has 6 N–H and O–H groups in total. The van der Waals surface area contributed by atoms with E-state index in [1.165, 1.54) is 25.1 Å². The molecule has 36 heavy (non-hydrogen) atoms. The Morgan fingerprint density at radius 3 is 2.39 bits per heavy atom. The molecule has 1 saturated carbocycles. The van der Waals surface area contributed by atoms with Crippen molar-refractivity contribution in [3.8, 4) is 5.75 Å². The van der Waals surface area contributed by atoms with Crippen molar-refractivity contribution in [3.63, 3.8) is 0 Å². The minimum absolute atomic E-state index is 0.0201. The van der Waals surface area contributed by atoms with E-state index in [0.717, 1.165) is 6.26 Å². The number of rotatable bonds is 4. The Morgan fingerprint density at radius 2 is 1.86 bits per heavy atom. The van der Waals surface area contributed by atoms with Crippen molar-refractivity contribution in [2.24, 2.45) is 17.6 Å². The fraction of sp³-hybridized carbons (Fsp3) is 0.435. The van der Waals surface area contributed by atoms with E-state index in [0.29, 0.717) is 9.13 Å². The van der Waals surface area contributed by atoms with Crippen LogP contribution in [0.25, 0.3) is 5.76 Å². The predicted molar refractivity (Wildman–Crippen MR) is 136 cm³/mol. The number of carbonyl (C=O) groups is 3. The van der Waals surface area contributed by atoms with Crippen LogP contribution in [0.15, 0.2) is 23.0 Å². The number of phenols is 1. The van der Waals surface area contributed by atoms with Crippen LogP contribution >= 0.6 is 22.6 Å². The maximum Gasteiger partial charge on any atom is 0.255 e. The quantitative estimate of drug-likeness (QED) is 0.225. The lowest BCUT2D eigenvalue weighted by molar-refractivity contribution is -0.153. The Labute approximate surface area is 220 Å². The number of carbonyl (C=O) groups excluding carboxylic acids is 3. The maximum atomic E-state index is 13.8. The highest BCUT2D eigenvalue weighted by Gasteiger charge is 2.64. The lowest BCUT2D eigenvalue weighted by Gasteiger charge is -2.50. The van der Waals surface area contributed by atoms with Crippen molar-refractivity contribution in [2.75, 3.05) is 20.4 Å². The molecule has 0 aliphatic heterocycles. The largest absolute Gasteiger partial charge is 0.508 e. The third-order valence-corrected chi connectivity index (χ3v) is 8.96. The fourth-order valence-electron chi connectivity index (χ4n) is 5.71. The third kappa shape index (κ3) is 3.74. The van der Waals surface area contributed by atoms with Gasteiger partial charge in [-0.1, -0.05) is 0 Å². The van der Waals surface area contributed by atoms with Crippen LogP contribution in [0.1, 0.15) is 23.1 Å². The van der Waals surface area contributed by atoms with Gasteiger partial charge in [-0.2, -0.15) is 0 Å². The number of likely N-dealkylation sites (N-methyl/N-ethyl adjacent to an activating group) is 1. The van der Waals surface area contributed by atoms with Gasteiger partial charge in [0.2, 0.25) is 5.78 Å². The average Bonchev–Trinajstić information content (AvgIpc) is 2.72. The molecule has 0 heterocycles. The van der Waals surface area contributed by atoms with Gasteiger partial charge in [-0.25, -0.2) is 8.42 Å². The fourth-order valence-corrected chi connectivity index (χ4v) is 7.36. The molecule has 0 radical (unpaired) electrons. The van der Waals surface area contributed by atoms with Gasteiger partial charge < -0.3 is 26.2 Å². The molecule has 1 fully saturated rings. The van der Waals surface area contributed by atoms with Crippen molar-refractivity contribution < 1.29 is 43.2 Å². The van der Waals surface area contributed by atoms with Crippen LogP contribution < -0.4 is 5.73 Å². The number of hydrogen-bond acceptors (Lipinski definition) is 10. The van der Waals surface area contributed by atoms with E-state index in [-0.39, 0.29) is 29.5 Å². The summed E-state index contributed by atoms with van der Waals surface area (Å²) in [6, 6.07) is 0.335. The molecule has 3 aliphatic rings. The summed E-state index contributed by atoms with van der Waals surface area (Å²) in [6.07, 6.45) is 1.11. The van der Waals surface area contributed by atoms with Crippen LogP contribution in [0.3, 0.4) is 0 Å². The van der Waals surface area contributed by atoms with E-state index in [1.807, 2.05) is 22.6 Å². The summed E-state index contributed by atoms with van der Waals surface area (Å²) in [7, 11) is -0.498. The van der Waals surface area contributed by atoms with E-state index >= 15 is 0 Å². The number of benzene rings is 1. The molecule has 1 aromatic carbocycles. The molecule has 4 atom stereocenters. The molecule has 13 heteroatoms. The van der Waals surface area contributed by atoms with Crippen LogP contribution in [0.5, 0.6) is 5.75 Å². The van der Waals surface area contributed by atoms with Gasteiger partial charge in [0.1, 0.15) is 22.8 Å². The predicted octanol–water partition coefficient (Wildman–Crippen LogP) is 0.113. The zero-order valence-electron chi connectivity index (χ0n) is 19.6. The summed E-state index contributed by atoms with van der Waals surface area (Å²) in [4.78, 5) is 40.3. The van der Waals surface area contributed by atoms with Gasteiger partial charge in [-0.3, -0.25) is 19.3 Å². The second kappa shape index (κ2) is 8.53. The Bertz CT molecular complexity index is 1410. The topological polar surface area (TPSA) is 196 Å². The zero-order chi connectivity index (χ0) is 27.1. The third-order valence-electron chi connectivity index (χ3n) is 7.16. The monoisotopic (exact) mass is 632 g/mol. The molecule has 194 valence electrons. The second-order valence-corrected chi connectivity index (χ2v) is 13.1. The first-order valence-corrected chi connectivity index (χ1v) is 14.0. The molecular formula is C23H25IN2O9S. The van der Waals surface area contributed by atoms with Gasteiger partial charge in [0, 0.05) is 26.9 Å². The number of fused-ring (bicyclic) bond motifs is 3. The molecule has 0 aromatic heterocycles. The lowest BCUT2D eigenvalue weighted by atomic mass is 9.57. The number of nitrogens with zero attached hydrogens (tertiary/aromatic N) is 1. The van der Waals surface area contributed by atoms with Crippen LogP contribution in [-0.2, 0) is 36.4 Å². The number of aliphatic hydroxyl groups is 3. The van der Waals surface area contributed by atoms with Crippen LogP contribution in [0, 0.1) is 15.4 Å². The molecule has 0 spiro atoms. The van der Waals surface area contributed by atoms with E-state index in [1.54, 1.807) is 0 Å². The summed E-state index contributed by atoms with van der Waals surface area (Å²) in [5, 5.41) is 44.5. The smallest absolute Gasteiger partial charge is 0.255 e. The van der Waals surface area contributed by atoms with Gasteiger partial charge >= 0.3 is 0 Å². The molecule has 3 aliphatic carbocycles. The van der Waals surface area contributed by atoms with Crippen LogP contribution in [0.4, 0.5) is 0 Å². The number of phenolic OH excluding ortho intramolecular Hbond substituents is 1. The summed E-state index contributed by atoms with van der Waals surface area (Å²) >= 11 is 1.95. The minimum atomic E-state index is -3.55. The minimum Gasteiger partial charge on any atom is -0.508 e. The number of amides is 1. The number of primary amides is 1. The van der Waals surface area contributed by atoms with Crippen LogP contribution in [0.2, 0.25) is 0 Å². The number of halogens is 1. The van der Waals surface area contributed by atoms with Gasteiger partial charge in [0.05, 0.1) is 17.4 Å². The highest BCUT2D eigenvalue weighted by molar-refractivity contribution is 14.1. The number of ketones is 2. The maximum absolute atomic E-state index is 13.8. The highest BCUT2D eigenvalue weighted by atomic mass is 127. The van der Waals surface area contributed by atoms with Crippen LogP contribution in [-0.4, -0.2) is 83.2 Å². The molecular weight excluding hydrogens is 607 g/mol. The summed E-state index contributed by atoms with van der Waals surface area (Å²) in [6.45, 7) is 0. The van der Waals surface area contributed by atoms with Crippen molar-refractivity contribution >= 4 is 55.7 Å². The Hall–Kier alpha value is -2.49.